The van der Waals surface area contributed by atoms with Crippen molar-refractivity contribution in [2.45, 2.75) is 25.3 Å². The smallest absolute Gasteiger partial charge is 0.224 e. The van der Waals surface area contributed by atoms with E-state index in [1.807, 2.05) is 0 Å². The topological polar surface area (TPSA) is 128 Å². The average molecular weight is 504 g/mol. The van der Waals surface area contributed by atoms with Gasteiger partial charge in [-0.25, -0.2) is 26.5 Å². The number of methoxy groups -OCH3 is 1. The Hall–Kier alpha value is -2.57. The molecule has 180 valence electrons. The molecule has 0 bridgehead atoms. The van der Waals surface area contributed by atoms with Gasteiger partial charge < -0.3 is 15.8 Å². The number of ether oxygens (including phenoxy) is 1. The van der Waals surface area contributed by atoms with E-state index < -0.39 is 33.0 Å². The third-order valence-corrected chi connectivity index (χ3v) is 7.51. The van der Waals surface area contributed by atoms with E-state index in [1.54, 1.807) is 0 Å². The molecule has 13 heteroatoms. The van der Waals surface area contributed by atoms with Crippen LogP contribution < -0.4 is 15.8 Å². The number of ketones is 1. The summed E-state index contributed by atoms with van der Waals surface area (Å²) in [5.74, 6) is -3.39. The zero-order valence-corrected chi connectivity index (χ0v) is 19.4. The van der Waals surface area contributed by atoms with E-state index >= 15 is 0 Å². The van der Waals surface area contributed by atoms with Crippen LogP contribution >= 0.6 is 11.6 Å². The molecule has 3 N–H and O–H groups in total. The van der Waals surface area contributed by atoms with Gasteiger partial charge in [0.15, 0.2) is 11.6 Å². The number of nitrogens with two attached hydrogens (primary N) is 1. The SMILES string of the molecule is COc1ccc(F)c(F)c1C(=O)c1cnc(NC2CCN(S(=O)(=O)CCCCl)CC2)nc1N. The second-order valence-electron chi connectivity index (χ2n) is 7.44. The van der Waals surface area contributed by atoms with Crippen molar-refractivity contribution in [1.29, 1.82) is 0 Å². The Kier molecular flexibility index (Phi) is 8.03. The molecule has 0 saturated carbocycles. The number of anilines is 2. The van der Waals surface area contributed by atoms with E-state index in [0.29, 0.717) is 32.4 Å². The summed E-state index contributed by atoms with van der Waals surface area (Å²) in [5, 5.41) is 3.07. The van der Waals surface area contributed by atoms with Crippen molar-refractivity contribution in [1.82, 2.24) is 14.3 Å². The molecule has 0 atom stereocenters. The van der Waals surface area contributed by atoms with Crippen molar-refractivity contribution in [3.05, 3.63) is 41.1 Å². The molecule has 1 aromatic heterocycles. The quantitative estimate of drug-likeness (QED) is 0.394. The predicted molar refractivity (Wildman–Crippen MR) is 120 cm³/mol. The van der Waals surface area contributed by atoms with Crippen LogP contribution in [0.1, 0.15) is 35.2 Å². The summed E-state index contributed by atoms with van der Waals surface area (Å²) in [6, 6.07) is 1.89. The molecule has 0 radical (unpaired) electrons. The highest BCUT2D eigenvalue weighted by atomic mass is 35.5. The number of aromatic nitrogens is 2. The number of benzene rings is 1. The van der Waals surface area contributed by atoms with Gasteiger partial charge in [-0.15, -0.1) is 11.6 Å². The van der Waals surface area contributed by atoms with Crippen LogP contribution in [-0.4, -0.2) is 66.3 Å². The molecule has 2 heterocycles. The number of alkyl halides is 1. The number of carbonyl (C=O) groups excluding carboxylic acids is 1. The Bertz CT molecular complexity index is 1130. The molecular weight excluding hydrogens is 480 g/mol. The molecule has 0 aliphatic carbocycles. The van der Waals surface area contributed by atoms with Crippen molar-refractivity contribution in [3.63, 3.8) is 0 Å². The maximum Gasteiger partial charge on any atom is 0.224 e. The average Bonchev–Trinajstić information content (AvgIpc) is 2.79. The Morgan fingerprint density at radius 2 is 2.03 bits per heavy atom. The van der Waals surface area contributed by atoms with Crippen LogP contribution in [0, 0.1) is 11.6 Å². The van der Waals surface area contributed by atoms with Crippen molar-refractivity contribution in [2.24, 2.45) is 0 Å². The van der Waals surface area contributed by atoms with Crippen molar-refractivity contribution < 1.29 is 26.7 Å². The van der Waals surface area contributed by atoms with Gasteiger partial charge in [-0.05, 0) is 31.4 Å². The predicted octanol–water partition coefficient (Wildman–Crippen LogP) is 2.41. The minimum atomic E-state index is -3.34. The summed E-state index contributed by atoms with van der Waals surface area (Å²) in [6.45, 7) is 0.681. The van der Waals surface area contributed by atoms with Crippen LogP contribution in [0.5, 0.6) is 5.75 Å². The molecular formula is C20H24ClF2N5O4S. The van der Waals surface area contributed by atoms with Gasteiger partial charge in [-0.3, -0.25) is 4.79 Å². The number of nitrogens with zero attached hydrogens (tertiary/aromatic N) is 3. The van der Waals surface area contributed by atoms with Crippen molar-refractivity contribution >= 4 is 39.2 Å². The van der Waals surface area contributed by atoms with Gasteiger partial charge in [-0.1, -0.05) is 0 Å². The van der Waals surface area contributed by atoms with E-state index in [9.17, 15) is 22.0 Å². The normalized spacial score (nSPS) is 15.4. The van der Waals surface area contributed by atoms with E-state index in [1.165, 1.54) is 11.4 Å². The van der Waals surface area contributed by atoms with Gasteiger partial charge in [-0.2, -0.15) is 4.98 Å². The van der Waals surface area contributed by atoms with Gasteiger partial charge in [0.1, 0.15) is 17.1 Å². The Morgan fingerprint density at radius 1 is 1.33 bits per heavy atom. The highest BCUT2D eigenvalue weighted by Crippen LogP contribution is 2.28. The van der Waals surface area contributed by atoms with Crippen LogP contribution in [0.2, 0.25) is 0 Å². The molecule has 3 rings (SSSR count). The van der Waals surface area contributed by atoms with Gasteiger partial charge in [0.2, 0.25) is 21.8 Å². The molecule has 9 nitrogen and oxygen atoms in total. The second-order valence-corrected chi connectivity index (χ2v) is 9.90. The first-order chi connectivity index (χ1) is 15.7. The fraction of sp³-hybridized carbons (Fsp3) is 0.450. The highest BCUT2D eigenvalue weighted by molar-refractivity contribution is 7.89. The first kappa shape index (κ1) is 25.1. The van der Waals surface area contributed by atoms with Gasteiger partial charge >= 0.3 is 0 Å². The number of halogens is 3. The van der Waals surface area contributed by atoms with Crippen molar-refractivity contribution in [3.8, 4) is 5.75 Å². The molecule has 2 aromatic rings. The van der Waals surface area contributed by atoms with Gasteiger partial charge in [0, 0.05) is 31.2 Å². The van der Waals surface area contributed by atoms with Crippen LogP contribution in [0.15, 0.2) is 18.3 Å². The minimum absolute atomic E-state index is 0.0143. The number of hydrogen-bond acceptors (Lipinski definition) is 8. The molecule has 1 saturated heterocycles. The summed E-state index contributed by atoms with van der Waals surface area (Å²) in [4.78, 5) is 20.9. The first-order valence-corrected chi connectivity index (χ1v) is 12.3. The molecule has 1 fully saturated rings. The standard InChI is InChI=1S/C20H24ClF2N5O4S/c1-32-15-4-3-14(22)17(23)16(15)18(29)13-11-25-20(27-19(13)24)26-12-5-8-28(9-6-12)33(30,31)10-2-7-21/h3-4,11-12H,2,5-10H2,1H3,(H3,24,25,26,27). The monoisotopic (exact) mass is 503 g/mol. The fourth-order valence-corrected chi connectivity index (χ4v) is 5.34. The Labute approximate surface area is 195 Å². The molecule has 1 aliphatic rings. The van der Waals surface area contributed by atoms with Gasteiger partial charge in [0.05, 0.1) is 18.4 Å². The zero-order valence-electron chi connectivity index (χ0n) is 17.9. The number of hydrogen-bond donors (Lipinski definition) is 2. The molecule has 1 aromatic carbocycles. The van der Waals surface area contributed by atoms with E-state index in [-0.39, 0.29) is 40.8 Å². The lowest BCUT2D eigenvalue weighted by Crippen LogP contribution is -2.43. The summed E-state index contributed by atoms with van der Waals surface area (Å²) < 4.78 is 58.9. The maximum atomic E-state index is 14.3. The van der Waals surface area contributed by atoms with Crippen molar-refractivity contribution in [2.75, 3.05) is 42.9 Å². The summed E-state index contributed by atoms with van der Waals surface area (Å²) in [5.41, 5.74) is 5.10. The minimum Gasteiger partial charge on any atom is -0.496 e. The summed E-state index contributed by atoms with van der Waals surface area (Å²) in [6.07, 6.45) is 2.57. The van der Waals surface area contributed by atoms with E-state index in [2.05, 4.69) is 15.3 Å². The van der Waals surface area contributed by atoms with E-state index in [0.717, 1.165) is 18.3 Å². The molecule has 1 aliphatic heterocycles. The number of nitrogen functional groups attached to an aromatic ring is 1. The second kappa shape index (κ2) is 10.6. The number of piperidine rings is 1. The Balaban J connectivity index is 1.69. The van der Waals surface area contributed by atoms with Crippen LogP contribution in [-0.2, 0) is 10.0 Å². The fourth-order valence-electron chi connectivity index (χ4n) is 3.52. The number of sulfonamides is 1. The van der Waals surface area contributed by atoms with Crippen LogP contribution in [0.4, 0.5) is 20.5 Å². The highest BCUT2D eigenvalue weighted by Gasteiger charge is 2.29. The third-order valence-electron chi connectivity index (χ3n) is 5.28. The first-order valence-electron chi connectivity index (χ1n) is 10.2. The molecule has 33 heavy (non-hydrogen) atoms. The number of nitrogens with one attached hydrogen (secondary N) is 1. The number of rotatable bonds is 9. The summed E-state index contributed by atoms with van der Waals surface area (Å²) >= 11 is 5.59. The largest absolute Gasteiger partial charge is 0.496 e. The molecule has 0 amide bonds. The van der Waals surface area contributed by atoms with Crippen LogP contribution in [0.3, 0.4) is 0 Å². The lowest BCUT2D eigenvalue weighted by atomic mass is 10.0. The van der Waals surface area contributed by atoms with Crippen LogP contribution in [0.25, 0.3) is 0 Å². The lowest BCUT2D eigenvalue weighted by Gasteiger charge is -2.31. The van der Waals surface area contributed by atoms with E-state index in [4.69, 9.17) is 22.1 Å². The third kappa shape index (κ3) is 5.68. The lowest BCUT2D eigenvalue weighted by molar-refractivity contribution is 0.103. The molecule has 0 unspecified atom stereocenters. The van der Waals surface area contributed by atoms with Gasteiger partial charge in [0.25, 0.3) is 0 Å². The zero-order chi connectivity index (χ0) is 24.2. The maximum absolute atomic E-state index is 14.3. The molecule has 0 spiro atoms. The number of carbonyl (C=O) groups is 1. The Morgan fingerprint density at radius 3 is 2.64 bits per heavy atom. The summed E-state index contributed by atoms with van der Waals surface area (Å²) in [7, 11) is -2.11.